The third-order valence-electron chi connectivity index (χ3n) is 0.725. The van der Waals surface area contributed by atoms with Gasteiger partial charge in [-0.3, -0.25) is 5.32 Å². The molecule has 0 bridgehead atoms. The maximum Gasteiger partial charge on any atom is 0.359 e. The lowest BCUT2D eigenvalue weighted by atomic mass is 10.9. The second-order valence-corrected chi connectivity index (χ2v) is 1.67. The molecule has 1 aromatic heterocycles. The number of amides is 4. The second kappa shape index (κ2) is 7.19. The zero-order valence-corrected chi connectivity index (χ0v) is 6.84. The summed E-state index contributed by atoms with van der Waals surface area (Å²) in [5, 5.41) is 1.51. The molecule has 4 amide bonds. The summed E-state index contributed by atoms with van der Waals surface area (Å²) < 4.78 is 4.47. The summed E-state index contributed by atoms with van der Waals surface area (Å²) >= 11 is 0. The Kier molecular flexibility index (Phi) is 5.92. The largest absolute Gasteiger partial charge is 0.452 e. The molecule has 0 saturated carbocycles. The van der Waals surface area contributed by atoms with Crippen LogP contribution in [0.1, 0.15) is 0 Å². The minimum absolute atomic E-state index is 0.928. The number of aliphatic imine (C=N–C) groups is 1. The number of hydrogen-bond donors (Lipinski definition) is 2. The fraction of sp³-hybridized carbons (Fsp3) is 0. The van der Waals surface area contributed by atoms with Gasteiger partial charge in [-0.25, -0.2) is 19.4 Å². The van der Waals surface area contributed by atoms with Crippen LogP contribution in [0.4, 0.5) is 9.59 Å². The van der Waals surface area contributed by atoms with Crippen molar-refractivity contribution in [3.63, 3.8) is 0 Å². The van der Waals surface area contributed by atoms with E-state index >= 15 is 0 Å². The first-order valence-electron chi connectivity index (χ1n) is 3.17. The molecule has 0 aliphatic rings. The SMILES string of the molecule is NC(=O)NC(=O)N=C=O.c1cocn1. The molecule has 8 nitrogen and oxygen atoms in total. The van der Waals surface area contributed by atoms with Crippen LogP contribution in [0.2, 0.25) is 0 Å². The van der Waals surface area contributed by atoms with Gasteiger partial charge < -0.3 is 10.2 Å². The first kappa shape index (κ1) is 11.5. The number of carbonyl (C=O) groups is 2. The lowest BCUT2D eigenvalue weighted by Crippen LogP contribution is -2.32. The lowest BCUT2D eigenvalue weighted by molar-refractivity contribution is 0.237. The monoisotopic (exact) mass is 198 g/mol. The summed E-state index contributed by atoms with van der Waals surface area (Å²) in [5.41, 5.74) is 4.46. The number of nitrogens with two attached hydrogens (primary N) is 1. The Hall–Kier alpha value is -2.47. The third-order valence-corrected chi connectivity index (χ3v) is 0.725. The van der Waals surface area contributed by atoms with Crippen molar-refractivity contribution < 1.29 is 18.8 Å². The Balaban J connectivity index is 0.000000280. The zero-order chi connectivity index (χ0) is 10.8. The van der Waals surface area contributed by atoms with Gasteiger partial charge in [0.05, 0.1) is 6.20 Å². The molecule has 3 N–H and O–H groups in total. The van der Waals surface area contributed by atoms with Crippen molar-refractivity contribution >= 4 is 18.1 Å². The molecule has 0 unspecified atom stereocenters. The van der Waals surface area contributed by atoms with Crippen LogP contribution in [0.3, 0.4) is 0 Å². The van der Waals surface area contributed by atoms with Crippen LogP contribution in [-0.4, -0.2) is 23.1 Å². The van der Waals surface area contributed by atoms with E-state index in [0.29, 0.717) is 0 Å². The van der Waals surface area contributed by atoms with Crippen LogP contribution >= 0.6 is 0 Å². The number of nitrogens with zero attached hydrogens (tertiary/aromatic N) is 2. The molecule has 1 rings (SSSR count). The highest BCUT2D eigenvalue weighted by Crippen LogP contribution is 1.72. The van der Waals surface area contributed by atoms with Crippen molar-refractivity contribution in [3.8, 4) is 0 Å². The number of primary amides is 1. The van der Waals surface area contributed by atoms with Gasteiger partial charge in [-0.2, -0.15) is 0 Å². The molecule has 14 heavy (non-hydrogen) atoms. The molecule has 0 aliphatic heterocycles. The molecule has 0 fully saturated rings. The van der Waals surface area contributed by atoms with Crippen molar-refractivity contribution in [2.75, 3.05) is 0 Å². The van der Waals surface area contributed by atoms with Gasteiger partial charge in [-0.05, 0) is 0 Å². The molecular formula is C6H6N4O4. The van der Waals surface area contributed by atoms with Crippen LogP contribution in [0, 0.1) is 0 Å². The molecular weight excluding hydrogens is 192 g/mol. The van der Waals surface area contributed by atoms with Crippen molar-refractivity contribution in [3.05, 3.63) is 18.9 Å². The normalized spacial score (nSPS) is 7.43. The van der Waals surface area contributed by atoms with E-state index in [-0.39, 0.29) is 0 Å². The number of oxazole rings is 1. The highest BCUT2D eigenvalue weighted by atomic mass is 16.3. The molecule has 0 radical (unpaired) electrons. The number of imide groups is 1. The smallest absolute Gasteiger partial charge is 0.359 e. The topological polar surface area (TPSA) is 128 Å². The minimum atomic E-state index is -1.11. The quantitative estimate of drug-likeness (QED) is 0.440. The summed E-state index contributed by atoms with van der Waals surface area (Å²) in [6.45, 7) is 0. The van der Waals surface area contributed by atoms with Crippen molar-refractivity contribution in [2.45, 2.75) is 0 Å². The first-order chi connectivity index (χ1) is 6.66. The predicted octanol–water partition coefficient (Wildman–Crippen LogP) is -0.215. The van der Waals surface area contributed by atoms with E-state index < -0.39 is 12.1 Å². The number of aromatic nitrogens is 1. The van der Waals surface area contributed by atoms with Gasteiger partial charge in [0, 0.05) is 0 Å². The summed E-state index contributed by atoms with van der Waals surface area (Å²) in [5.74, 6) is 0. The number of nitrogens with one attached hydrogen (secondary N) is 1. The van der Waals surface area contributed by atoms with Gasteiger partial charge >= 0.3 is 12.1 Å². The van der Waals surface area contributed by atoms with Crippen molar-refractivity contribution in [1.82, 2.24) is 10.3 Å². The average molecular weight is 198 g/mol. The van der Waals surface area contributed by atoms with Gasteiger partial charge in [0.2, 0.25) is 6.08 Å². The summed E-state index contributed by atoms with van der Waals surface area (Å²) in [7, 11) is 0. The molecule has 1 aromatic rings. The molecule has 1 heterocycles. The van der Waals surface area contributed by atoms with Gasteiger partial charge in [0.15, 0.2) is 6.39 Å². The molecule has 0 spiro atoms. The zero-order valence-electron chi connectivity index (χ0n) is 6.84. The molecule has 8 heteroatoms. The van der Waals surface area contributed by atoms with Gasteiger partial charge in [0.1, 0.15) is 6.26 Å². The standard InChI is InChI=1S/C3H3N3O3.C3H3NO/c4-2(8)6-3(9)5-1-7;1-2-5-3-4-1/h(H3,4,6,8,9);1-3H. The highest BCUT2D eigenvalue weighted by Gasteiger charge is 1.98. The molecule has 0 aromatic carbocycles. The van der Waals surface area contributed by atoms with Crippen molar-refractivity contribution in [1.29, 1.82) is 0 Å². The van der Waals surface area contributed by atoms with E-state index in [1.165, 1.54) is 18.0 Å². The minimum Gasteiger partial charge on any atom is -0.452 e. The number of isocyanates is 1. The Bertz CT molecular complexity index is 310. The second-order valence-electron chi connectivity index (χ2n) is 1.67. The Labute approximate surface area is 77.8 Å². The van der Waals surface area contributed by atoms with Gasteiger partial charge in [-0.1, -0.05) is 0 Å². The number of hydrogen-bond acceptors (Lipinski definition) is 5. The molecule has 74 valence electrons. The van der Waals surface area contributed by atoms with Crippen LogP contribution in [0.5, 0.6) is 0 Å². The van der Waals surface area contributed by atoms with Crippen LogP contribution in [0.15, 0.2) is 28.3 Å². The number of carbonyl (C=O) groups excluding carboxylic acids is 3. The van der Waals surface area contributed by atoms with E-state index in [2.05, 4.69) is 20.1 Å². The maximum atomic E-state index is 10.0. The van der Waals surface area contributed by atoms with Crippen LogP contribution < -0.4 is 11.1 Å². The molecule has 0 saturated heterocycles. The Morgan fingerprint density at radius 1 is 1.57 bits per heavy atom. The fourth-order valence-electron chi connectivity index (χ4n) is 0.350. The first-order valence-corrected chi connectivity index (χ1v) is 3.17. The fourth-order valence-corrected chi connectivity index (χ4v) is 0.350. The van der Waals surface area contributed by atoms with Crippen LogP contribution in [-0.2, 0) is 4.79 Å². The lowest BCUT2D eigenvalue weighted by Gasteiger charge is -1.87. The van der Waals surface area contributed by atoms with E-state index in [1.54, 1.807) is 6.20 Å². The average Bonchev–Trinajstić information content (AvgIpc) is 2.59. The summed E-state index contributed by atoms with van der Waals surface area (Å²) in [4.78, 5) is 35.2. The Morgan fingerprint density at radius 3 is 2.57 bits per heavy atom. The predicted molar refractivity (Wildman–Crippen MR) is 42.7 cm³/mol. The van der Waals surface area contributed by atoms with E-state index in [0.717, 1.165) is 6.08 Å². The van der Waals surface area contributed by atoms with Gasteiger partial charge in [-0.15, -0.1) is 4.99 Å². The third kappa shape index (κ3) is 7.63. The molecule has 0 atom stereocenters. The highest BCUT2D eigenvalue weighted by molar-refractivity contribution is 5.94. The van der Waals surface area contributed by atoms with E-state index in [9.17, 15) is 14.4 Å². The maximum absolute atomic E-state index is 10.0. The number of urea groups is 2. The number of rotatable bonds is 0. The summed E-state index contributed by atoms with van der Waals surface area (Å²) in [6.07, 6.45) is 5.40. The van der Waals surface area contributed by atoms with Crippen LogP contribution in [0.25, 0.3) is 0 Å². The van der Waals surface area contributed by atoms with Crippen molar-refractivity contribution in [2.24, 2.45) is 10.7 Å². The van der Waals surface area contributed by atoms with E-state index in [4.69, 9.17) is 0 Å². The summed E-state index contributed by atoms with van der Waals surface area (Å²) in [6, 6.07) is -2.17. The Morgan fingerprint density at radius 2 is 2.29 bits per heavy atom. The van der Waals surface area contributed by atoms with E-state index in [1.807, 2.05) is 0 Å². The van der Waals surface area contributed by atoms with Gasteiger partial charge in [0.25, 0.3) is 0 Å². The molecule has 0 aliphatic carbocycles.